The maximum atomic E-state index is 10.2. The highest BCUT2D eigenvalue weighted by atomic mass is 16.3. The molecule has 2 N–H and O–H groups in total. The number of hydrogen-bond acceptors (Lipinski definition) is 4. The highest BCUT2D eigenvalue weighted by Crippen LogP contribution is 2.38. The molecule has 1 aromatic carbocycles. The summed E-state index contributed by atoms with van der Waals surface area (Å²) in [6.45, 7) is 9.66. The molecule has 23 heavy (non-hydrogen) atoms. The van der Waals surface area contributed by atoms with Gasteiger partial charge < -0.3 is 10.4 Å². The van der Waals surface area contributed by atoms with Crippen molar-refractivity contribution in [2.24, 2.45) is 5.92 Å². The zero-order valence-corrected chi connectivity index (χ0v) is 13.9. The molecule has 1 unspecified atom stereocenters. The lowest BCUT2D eigenvalue weighted by Crippen LogP contribution is -2.20. The van der Waals surface area contributed by atoms with Crippen LogP contribution in [0.3, 0.4) is 0 Å². The molecule has 0 bridgehead atoms. The second-order valence-corrected chi connectivity index (χ2v) is 6.65. The lowest BCUT2D eigenvalue weighted by molar-refractivity contribution is 0.111. The fourth-order valence-corrected chi connectivity index (χ4v) is 3.10. The van der Waals surface area contributed by atoms with E-state index < -0.39 is 5.60 Å². The van der Waals surface area contributed by atoms with E-state index in [2.05, 4.69) is 53.9 Å². The number of nitrogens with zero attached hydrogens (tertiary/aromatic N) is 2. The number of benzene rings is 1. The number of nitrogens with one attached hydrogen (secondary N) is 1. The molecule has 3 rings (SSSR count). The van der Waals surface area contributed by atoms with Gasteiger partial charge in [0, 0.05) is 18.0 Å². The first-order valence-electron chi connectivity index (χ1n) is 7.95. The Bertz CT molecular complexity index is 722. The van der Waals surface area contributed by atoms with Gasteiger partial charge in [0.25, 0.3) is 0 Å². The van der Waals surface area contributed by atoms with Gasteiger partial charge in [0.1, 0.15) is 5.60 Å². The Labute approximate surface area is 137 Å². The van der Waals surface area contributed by atoms with E-state index in [1.807, 2.05) is 0 Å². The SMILES string of the molecule is C=CC(C)(O)c1cnc(N[C@H]2c3cc(C)ccc3C[C@@H]2C)nc1. The van der Waals surface area contributed by atoms with E-state index in [9.17, 15) is 5.11 Å². The molecule has 1 aromatic heterocycles. The zero-order valence-electron chi connectivity index (χ0n) is 13.9. The van der Waals surface area contributed by atoms with Crippen molar-refractivity contribution in [1.82, 2.24) is 9.97 Å². The van der Waals surface area contributed by atoms with Crippen LogP contribution in [0.4, 0.5) is 5.95 Å². The van der Waals surface area contributed by atoms with Crippen molar-refractivity contribution in [3.05, 3.63) is 65.5 Å². The van der Waals surface area contributed by atoms with Crippen LogP contribution < -0.4 is 5.32 Å². The van der Waals surface area contributed by atoms with Crippen molar-refractivity contribution in [3.8, 4) is 0 Å². The zero-order chi connectivity index (χ0) is 16.6. The highest BCUT2D eigenvalue weighted by molar-refractivity contribution is 5.43. The first kappa shape index (κ1) is 15.7. The van der Waals surface area contributed by atoms with E-state index in [1.54, 1.807) is 19.3 Å². The predicted molar refractivity (Wildman–Crippen MR) is 92.2 cm³/mol. The molecule has 0 fully saturated rings. The Kier molecular flexibility index (Phi) is 3.94. The van der Waals surface area contributed by atoms with Crippen molar-refractivity contribution in [2.75, 3.05) is 5.32 Å². The largest absolute Gasteiger partial charge is 0.381 e. The first-order chi connectivity index (χ1) is 10.9. The molecule has 120 valence electrons. The van der Waals surface area contributed by atoms with E-state index in [4.69, 9.17) is 0 Å². The molecule has 4 nitrogen and oxygen atoms in total. The highest BCUT2D eigenvalue weighted by Gasteiger charge is 2.30. The van der Waals surface area contributed by atoms with Gasteiger partial charge in [0.2, 0.25) is 5.95 Å². The molecule has 3 atom stereocenters. The molecular formula is C19H23N3O. The van der Waals surface area contributed by atoms with E-state index in [0.717, 1.165) is 6.42 Å². The number of hydrogen-bond donors (Lipinski definition) is 2. The van der Waals surface area contributed by atoms with Gasteiger partial charge in [-0.25, -0.2) is 9.97 Å². The summed E-state index contributed by atoms with van der Waals surface area (Å²) in [5.41, 5.74) is 3.52. The Morgan fingerprint density at radius 1 is 1.35 bits per heavy atom. The third kappa shape index (κ3) is 2.99. The number of aromatic nitrogens is 2. The molecule has 0 amide bonds. The number of aliphatic hydroxyl groups is 1. The summed E-state index contributed by atoms with van der Waals surface area (Å²) >= 11 is 0. The molecule has 2 aromatic rings. The van der Waals surface area contributed by atoms with Gasteiger partial charge in [-0.2, -0.15) is 0 Å². The predicted octanol–water partition coefficient (Wildman–Crippen LogP) is 3.52. The van der Waals surface area contributed by atoms with E-state index in [-0.39, 0.29) is 6.04 Å². The molecule has 1 aliphatic carbocycles. The van der Waals surface area contributed by atoms with Gasteiger partial charge >= 0.3 is 0 Å². The summed E-state index contributed by atoms with van der Waals surface area (Å²) in [6.07, 6.45) is 5.84. The van der Waals surface area contributed by atoms with Crippen LogP contribution >= 0.6 is 0 Å². The van der Waals surface area contributed by atoms with Crippen molar-refractivity contribution in [1.29, 1.82) is 0 Å². The summed E-state index contributed by atoms with van der Waals surface area (Å²) in [5.74, 6) is 1.08. The first-order valence-corrected chi connectivity index (χ1v) is 7.95. The molecule has 0 spiro atoms. The lowest BCUT2D eigenvalue weighted by atomic mass is 10.00. The molecule has 4 heteroatoms. The Balaban J connectivity index is 1.83. The maximum Gasteiger partial charge on any atom is 0.223 e. The molecule has 0 radical (unpaired) electrons. The van der Waals surface area contributed by atoms with Crippen molar-refractivity contribution >= 4 is 5.95 Å². The summed E-state index contributed by atoms with van der Waals surface area (Å²) in [7, 11) is 0. The monoisotopic (exact) mass is 309 g/mol. The second kappa shape index (κ2) is 5.78. The quantitative estimate of drug-likeness (QED) is 0.848. The number of rotatable bonds is 4. The van der Waals surface area contributed by atoms with Gasteiger partial charge in [0.15, 0.2) is 0 Å². The van der Waals surface area contributed by atoms with Crippen molar-refractivity contribution in [2.45, 2.75) is 38.8 Å². The van der Waals surface area contributed by atoms with Crippen molar-refractivity contribution < 1.29 is 5.11 Å². The summed E-state index contributed by atoms with van der Waals surface area (Å²) in [6, 6.07) is 6.84. The number of fused-ring (bicyclic) bond motifs is 1. The average Bonchev–Trinajstić information content (AvgIpc) is 2.83. The molecule has 1 heterocycles. The molecular weight excluding hydrogens is 286 g/mol. The fourth-order valence-electron chi connectivity index (χ4n) is 3.10. The second-order valence-electron chi connectivity index (χ2n) is 6.65. The van der Waals surface area contributed by atoms with Crippen LogP contribution in [0.5, 0.6) is 0 Å². The van der Waals surface area contributed by atoms with Crippen LogP contribution in [0.1, 0.15) is 42.1 Å². The van der Waals surface area contributed by atoms with Gasteiger partial charge in [-0.05, 0) is 37.3 Å². The minimum atomic E-state index is -1.11. The lowest BCUT2D eigenvalue weighted by Gasteiger charge is -2.21. The molecule has 0 aliphatic heterocycles. The van der Waals surface area contributed by atoms with Crippen LogP contribution in [0, 0.1) is 12.8 Å². The van der Waals surface area contributed by atoms with E-state index in [0.29, 0.717) is 17.4 Å². The van der Waals surface area contributed by atoms with E-state index in [1.165, 1.54) is 22.8 Å². The van der Waals surface area contributed by atoms with Gasteiger partial charge in [0.05, 0.1) is 6.04 Å². The van der Waals surface area contributed by atoms with Crippen molar-refractivity contribution in [3.63, 3.8) is 0 Å². The third-order valence-electron chi connectivity index (χ3n) is 4.67. The fraction of sp³-hybridized carbons (Fsp3) is 0.368. The van der Waals surface area contributed by atoms with Crippen LogP contribution in [-0.2, 0) is 12.0 Å². The van der Waals surface area contributed by atoms with Gasteiger partial charge in [-0.15, -0.1) is 0 Å². The molecule has 0 saturated heterocycles. The average molecular weight is 309 g/mol. The number of anilines is 1. The van der Waals surface area contributed by atoms with Crippen LogP contribution in [0.2, 0.25) is 0 Å². The van der Waals surface area contributed by atoms with Gasteiger partial charge in [-0.3, -0.25) is 0 Å². The molecule has 0 saturated carbocycles. The Morgan fingerprint density at radius 2 is 2.04 bits per heavy atom. The normalized spacial score (nSPS) is 22.3. The maximum absolute atomic E-state index is 10.2. The van der Waals surface area contributed by atoms with Crippen LogP contribution in [-0.4, -0.2) is 15.1 Å². The topological polar surface area (TPSA) is 58.0 Å². The number of aryl methyl sites for hydroxylation is 1. The summed E-state index contributed by atoms with van der Waals surface area (Å²) < 4.78 is 0. The smallest absolute Gasteiger partial charge is 0.223 e. The van der Waals surface area contributed by atoms with Gasteiger partial charge in [-0.1, -0.05) is 43.3 Å². The third-order valence-corrected chi connectivity index (χ3v) is 4.67. The minimum Gasteiger partial charge on any atom is -0.381 e. The standard InChI is InChI=1S/C19H23N3O/c1-5-19(4,23)15-10-20-18(21-11-15)22-17-13(3)9-14-7-6-12(2)8-16(14)17/h5-8,10-11,13,17,23H,1,9H2,2-4H3,(H,20,21,22)/t13-,17+,19?/m0/s1. The molecule has 1 aliphatic rings. The van der Waals surface area contributed by atoms with Crippen LogP contribution in [0.15, 0.2) is 43.2 Å². The summed E-state index contributed by atoms with van der Waals surface area (Å²) in [5, 5.41) is 13.6. The Hall–Kier alpha value is -2.20. The minimum absolute atomic E-state index is 0.218. The van der Waals surface area contributed by atoms with Crippen LogP contribution in [0.25, 0.3) is 0 Å². The Morgan fingerprint density at radius 3 is 2.70 bits per heavy atom. The van der Waals surface area contributed by atoms with E-state index >= 15 is 0 Å². The summed E-state index contributed by atoms with van der Waals surface area (Å²) in [4.78, 5) is 8.71.